The first-order valence-corrected chi connectivity index (χ1v) is 6.82. The highest BCUT2D eigenvalue weighted by atomic mass is 16.5. The normalized spacial score (nSPS) is 14.7. The summed E-state index contributed by atoms with van der Waals surface area (Å²) in [5, 5.41) is 11.5. The molecule has 0 heterocycles. The van der Waals surface area contributed by atoms with Gasteiger partial charge in [0.05, 0.1) is 7.11 Å². The van der Waals surface area contributed by atoms with E-state index in [4.69, 9.17) is 4.74 Å². The van der Waals surface area contributed by atoms with E-state index < -0.39 is 5.60 Å². The van der Waals surface area contributed by atoms with Gasteiger partial charge in [0, 0.05) is 5.56 Å². The van der Waals surface area contributed by atoms with E-state index in [-0.39, 0.29) is 5.41 Å². The molecule has 2 rings (SSSR count). The predicted molar refractivity (Wildman–Crippen MR) is 81.9 cm³/mol. The lowest BCUT2D eigenvalue weighted by Crippen LogP contribution is -2.41. The minimum absolute atomic E-state index is 0.372. The Bertz CT molecular complexity index is 569. The van der Waals surface area contributed by atoms with E-state index in [1.807, 2.05) is 75.4 Å². The predicted octanol–water partition coefficient (Wildman–Crippen LogP) is 3.98. The molecule has 0 radical (unpaired) electrons. The van der Waals surface area contributed by atoms with Crippen LogP contribution in [-0.2, 0) is 5.60 Å². The molecule has 0 bridgehead atoms. The Morgan fingerprint density at radius 3 is 1.95 bits per heavy atom. The number of aliphatic hydroxyl groups is 1. The van der Waals surface area contributed by atoms with Gasteiger partial charge in [0.25, 0.3) is 0 Å². The lowest BCUT2D eigenvalue weighted by atomic mass is 9.68. The monoisotopic (exact) mass is 270 g/mol. The van der Waals surface area contributed by atoms with Gasteiger partial charge in [0.2, 0.25) is 0 Å². The van der Waals surface area contributed by atoms with Crippen LogP contribution in [0.25, 0.3) is 0 Å². The summed E-state index contributed by atoms with van der Waals surface area (Å²) in [6.07, 6.45) is 0. The van der Waals surface area contributed by atoms with Crippen LogP contribution in [0.15, 0.2) is 54.6 Å². The van der Waals surface area contributed by atoms with Crippen molar-refractivity contribution in [2.24, 2.45) is 5.41 Å². The Morgan fingerprint density at radius 1 is 0.850 bits per heavy atom. The standard InChI is InChI=1S/C18H22O2/c1-17(2,3)18(19,14-10-6-5-7-11-14)15-12-8-9-13-16(15)20-4/h5-13,19H,1-4H3. The van der Waals surface area contributed by atoms with Gasteiger partial charge in [-0.15, -0.1) is 0 Å². The van der Waals surface area contributed by atoms with Crippen molar-refractivity contribution in [2.45, 2.75) is 26.4 Å². The third kappa shape index (κ3) is 2.32. The molecule has 0 aliphatic heterocycles. The Morgan fingerprint density at radius 2 is 1.40 bits per heavy atom. The second kappa shape index (κ2) is 5.29. The summed E-state index contributed by atoms with van der Waals surface area (Å²) in [6, 6.07) is 17.4. The van der Waals surface area contributed by atoms with Gasteiger partial charge in [-0.05, 0) is 17.0 Å². The molecule has 2 nitrogen and oxygen atoms in total. The van der Waals surface area contributed by atoms with Gasteiger partial charge in [0.15, 0.2) is 0 Å². The molecule has 0 saturated carbocycles. The van der Waals surface area contributed by atoms with Crippen molar-refractivity contribution < 1.29 is 9.84 Å². The number of hydrogen-bond donors (Lipinski definition) is 1. The van der Waals surface area contributed by atoms with Gasteiger partial charge in [-0.25, -0.2) is 0 Å². The smallest absolute Gasteiger partial charge is 0.125 e. The average Bonchev–Trinajstić information content (AvgIpc) is 2.46. The molecule has 106 valence electrons. The van der Waals surface area contributed by atoms with Crippen molar-refractivity contribution in [3.05, 3.63) is 65.7 Å². The summed E-state index contributed by atoms with van der Waals surface area (Å²) in [4.78, 5) is 0. The summed E-state index contributed by atoms with van der Waals surface area (Å²) in [5.41, 5.74) is 0.183. The lowest BCUT2D eigenvalue weighted by molar-refractivity contribution is -0.0276. The van der Waals surface area contributed by atoms with Crippen molar-refractivity contribution in [3.8, 4) is 5.75 Å². The first kappa shape index (κ1) is 14.6. The molecule has 0 amide bonds. The van der Waals surface area contributed by atoms with Crippen molar-refractivity contribution in [2.75, 3.05) is 7.11 Å². The highest BCUT2D eigenvalue weighted by Gasteiger charge is 2.44. The maximum Gasteiger partial charge on any atom is 0.125 e. The fourth-order valence-corrected chi connectivity index (χ4v) is 2.62. The lowest BCUT2D eigenvalue weighted by Gasteiger charge is -2.41. The molecule has 0 aliphatic rings. The Kier molecular flexibility index (Phi) is 3.87. The van der Waals surface area contributed by atoms with Gasteiger partial charge >= 0.3 is 0 Å². The molecule has 0 spiro atoms. The van der Waals surface area contributed by atoms with Crippen LogP contribution in [0.5, 0.6) is 5.75 Å². The van der Waals surface area contributed by atoms with E-state index in [9.17, 15) is 5.11 Å². The summed E-state index contributed by atoms with van der Waals surface area (Å²) in [5.74, 6) is 0.703. The molecular formula is C18H22O2. The summed E-state index contributed by atoms with van der Waals surface area (Å²) in [6.45, 7) is 6.10. The van der Waals surface area contributed by atoms with Crippen molar-refractivity contribution in [3.63, 3.8) is 0 Å². The van der Waals surface area contributed by atoms with Crippen LogP contribution in [0.4, 0.5) is 0 Å². The molecule has 2 heteroatoms. The average molecular weight is 270 g/mol. The molecule has 0 aliphatic carbocycles. The van der Waals surface area contributed by atoms with Crippen LogP contribution in [0.2, 0.25) is 0 Å². The van der Waals surface area contributed by atoms with Gasteiger partial charge in [0.1, 0.15) is 11.4 Å². The van der Waals surface area contributed by atoms with Crippen LogP contribution in [-0.4, -0.2) is 12.2 Å². The van der Waals surface area contributed by atoms with Crippen LogP contribution in [0.1, 0.15) is 31.9 Å². The minimum Gasteiger partial charge on any atom is -0.496 e. The number of methoxy groups -OCH3 is 1. The summed E-state index contributed by atoms with van der Waals surface area (Å²) in [7, 11) is 1.63. The molecule has 1 unspecified atom stereocenters. The largest absolute Gasteiger partial charge is 0.496 e. The number of ether oxygens (including phenoxy) is 1. The zero-order chi connectivity index (χ0) is 14.8. The first-order chi connectivity index (χ1) is 9.41. The zero-order valence-electron chi connectivity index (χ0n) is 12.6. The molecular weight excluding hydrogens is 248 g/mol. The molecule has 20 heavy (non-hydrogen) atoms. The topological polar surface area (TPSA) is 29.5 Å². The zero-order valence-corrected chi connectivity index (χ0v) is 12.6. The summed E-state index contributed by atoms with van der Waals surface area (Å²) < 4.78 is 5.45. The molecule has 1 atom stereocenters. The quantitative estimate of drug-likeness (QED) is 0.914. The second-order valence-electron chi connectivity index (χ2n) is 6.03. The van der Waals surface area contributed by atoms with Crippen molar-refractivity contribution in [1.29, 1.82) is 0 Å². The minimum atomic E-state index is -1.11. The van der Waals surface area contributed by atoms with Crippen LogP contribution in [0.3, 0.4) is 0 Å². The fourth-order valence-electron chi connectivity index (χ4n) is 2.62. The fraction of sp³-hybridized carbons (Fsp3) is 0.333. The number of para-hydroxylation sites is 1. The highest BCUT2D eigenvalue weighted by Crippen LogP contribution is 2.47. The van der Waals surface area contributed by atoms with Crippen LogP contribution >= 0.6 is 0 Å². The third-order valence-electron chi connectivity index (χ3n) is 3.77. The van der Waals surface area contributed by atoms with Gasteiger partial charge < -0.3 is 9.84 Å². The van der Waals surface area contributed by atoms with E-state index in [1.54, 1.807) is 7.11 Å². The highest BCUT2D eigenvalue weighted by molar-refractivity contribution is 5.46. The summed E-state index contributed by atoms with van der Waals surface area (Å²) >= 11 is 0. The Balaban J connectivity index is 2.72. The second-order valence-corrected chi connectivity index (χ2v) is 6.03. The van der Waals surface area contributed by atoms with E-state index in [1.165, 1.54) is 0 Å². The van der Waals surface area contributed by atoms with E-state index >= 15 is 0 Å². The van der Waals surface area contributed by atoms with Crippen LogP contribution < -0.4 is 4.74 Å². The van der Waals surface area contributed by atoms with Gasteiger partial charge in [-0.1, -0.05) is 69.3 Å². The van der Waals surface area contributed by atoms with E-state index in [0.29, 0.717) is 5.75 Å². The Hall–Kier alpha value is -1.80. The van der Waals surface area contributed by atoms with E-state index in [0.717, 1.165) is 11.1 Å². The van der Waals surface area contributed by atoms with Crippen LogP contribution in [0, 0.1) is 5.41 Å². The molecule has 2 aromatic rings. The van der Waals surface area contributed by atoms with Crippen molar-refractivity contribution in [1.82, 2.24) is 0 Å². The molecule has 0 saturated heterocycles. The van der Waals surface area contributed by atoms with E-state index in [2.05, 4.69) is 0 Å². The van der Waals surface area contributed by atoms with Crippen molar-refractivity contribution >= 4 is 0 Å². The maximum atomic E-state index is 11.5. The number of benzene rings is 2. The number of rotatable bonds is 3. The van der Waals surface area contributed by atoms with Gasteiger partial charge in [-0.3, -0.25) is 0 Å². The SMILES string of the molecule is COc1ccccc1C(O)(c1ccccc1)C(C)(C)C. The maximum absolute atomic E-state index is 11.5. The third-order valence-corrected chi connectivity index (χ3v) is 3.77. The molecule has 0 aromatic heterocycles. The van der Waals surface area contributed by atoms with Gasteiger partial charge in [-0.2, -0.15) is 0 Å². The number of hydrogen-bond acceptors (Lipinski definition) is 2. The first-order valence-electron chi connectivity index (χ1n) is 6.82. The molecule has 0 fully saturated rings. The molecule has 2 aromatic carbocycles. The molecule has 1 N–H and O–H groups in total. The Labute approximate surface area is 121 Å².